The van der Waals surface area contributed by atoms with Crippen LogP contribution in [0, 0.1) is 11.7 Å². The van der Waals surface area contributed by atoms with Gasteiger partial charge in [-0.15, -0.1) is 0 Å². The lowest BCUT2D eigenvalue weighted by Gasteiger charge is -2.29. The van der Waals surface area contributed by atoms with Gasteiger partial charge in [0.05, 0.1) is 29.4 Å². The lowest BCUT2D eigenvalue weighted by molar-refractivity contribution is -0.156. The molecule has 5 rings (SSSR count). The number of hydrogen-bond acceptors (Lipinski definition) is 8. The van der Waals surface area contributed by atoms with Crippen molar-refractivity contribution in [3.05, 3.63) is 59.7 Å². The third-order valence-electron chi connectivity index (χ3n) is 6.18. The third-order valence-corrected chi connectivity index (χ3v) is 6.47. The highest BCUT2D eigenvalue weighted by Gasteiger charge is 2.24. The first-order chi connectivity index (χ1) is 18.3. The zero-order chi connectivity index (χ0) is 26.6. The topological polar surface area (TPSA) is 106 Å². The molecule has 0 spiro atoms. The number of nitrogens with one attached hydrogen (secondary N) is 2. The van der Waals surface area contributed by atoms with Crippen LogP contribution in [-0.4, -0.2) is 59.1 Å². The minimum Gasteiger partial charge on any atom is -0.491 e. The Morgan fingerprint density at radius 3 is 2.89 bits per heavy atom. The number of amides is 1. The smallest absolute Gasteiger partial charge is 0.320 e. The van der Waals surface area contributed by atoms with Crippen LogP contribution in [0.4, 0.5) is 21.6 Å². The zero-order valence-corrected chi connectivity index (χ0v) is 21.5. The van der Waals surface area contributed by atoms with Crippen LogP contribution in [0.15, 0.2) is 48.8 Å². The minimum absolute atomic E-state index is 0.0141. The van der Waals surface area contributed by atoms with E-state index in [1.807, 2.05) is 11.8 Å². The van der Waals surface area contributed by atoms with E-state index in [2.05, 4.69) is 20.6 Å². The Balaban J connectivity index is 1.36. The number of carbonyl (C=O) groups excluding carboxylic acids is 2. The molecule has 2 aliphatic rings. The summed E-state index contributed by atoms with van der Waals surface area (Å²) in [6.45, 7) is 3.63. The molecule has 2 N–H and O–H groups in total. The summed E-state index contributed by atoms with van der Waals surface area (Å²) in [6.07, 6.45) is 6.62. The molecule has 1 aromatic heterocycles. The van der Waals surface area contributed by atoms with Crippen molar-refractivity contribution >= 4 is 51.6 Å². The fourth-order valence-corrected chi connectivity index (χ4v) is 4.32. The fraction of sp³-hybridized carbons (Fsp3) is 0.333. The minimum atomic E-state index is -0.519. The second-order valence-electron chi connectivity index (χ2n) is 9.48. The fourth-order valence-electron chi connectivity index (χ4n) is 4.14. The van der Waals surface area contributed by atoms with Crippen molar-refractivity contribution in [1.82, 2.24) is 14.9 Å². The lowest BCUT2D eigenvalue weighted by atomic mass is 10.1. The van der Waals surface area contributed by atoms with Crippen molar-refractivity contribution in [2.75, 3.05) is 36.9 Å². The van der Waals surface area contributed by atoms with E-state index in [1.54, 1.807) is 24.3 Å². The second-order valence-corrected chi connectivity index (χ2v) is 9.89. The normalized spacial score (nSPS) is 18.0. The van der Waals surface area contributed by atoms with E-state index in [4.69, 9.17) is 21.1 Å². The van der Waals surface area contributed by atoms with Gasteiger partial charge in [-0.05, 0) is 49.9 Å². The first kappa shape index (κ1) is 25.9. The summed E-state index contributed by atoms with van der Waals surface area (Å²) in [5.41, 5.74) is 1.63. The molecule has 1 aliphatic carbocycles. The number of rotatable bonds is 9. The van der Waals surface area contributed by atoms with E-state index in [0.717, 1.165) is 12.8 Å². The molecule has 1 amide bonds. The molecule has 1 saturated heterocycles. The first-order valence-corrected chi connectivity index (χ1v) is 12.7. The van der Waals surface area contributed by atoms with E-state index in [0.29, 0.717) is 59.5 Å². The van der Waals surface area contributed by atoms with Gasteiger partial charge in [0, 0.05) is 36.3 Å². The number of morpholine rings is 1. The van der Waals surface area contributed by atoms with E-state index >= 15 is 0 Å². The van der Waals surface area contributed by atoms with Gasteiger partial charge < -0.3 is 20.1 Å². The van der Waals surface area contributed by atoms with Gasteiger partial charge >= 0.3 is 5.97 Å². The molecule has 3 aromatic rings. The molecule has 0 bridgehead atoms. The molecule has 11 heteroatoms. The highest BCUT2D eigenvalue weighted by Crippen LogP contribution is 2.36. The average molecular weight is 540 g/mol. The lowest BCUT2D eigenvalue weighted by Crippen LogP contribution is -2.44. The van der Waals surface area contributed by atoms with Crippen molar-refractivity contribution in [1.29, 1.82) is 0 Å². The van der Waals surface area contributed by atoms with E-state index in [1.165, 1.54) is 24.5 Å². The van der Waals surface area contributed by atoms with Gasteiger partial charge in [0.25, 0.3) is 0 Å². The highest BCUT2D eigenvalue weighted by molar-refractivity contribution is 6.31. The number of fused-ring (bicyclic) bond motifs is 1. The van der Waals surface area contributed by atoms with Crippen molar-refractivity contribution < 1.29 is 23.5 Å². The van der Waals surface area contributed by atoms with Crippen molar-refractivity contribution in [3.8, 4) is 5.75 Å². The number of benzene rings is 2. The Morgan fingerprint density at radius 1 is 1.29 bits per heavy atom. The zero-order valence-electron chi connectivity index (χ0n) is 20.7. The van der Waals surface area contributed by atoms with Crippen molar-refractivity contribution in [2.45, 2.75) is 25.9 Å². The number of ether oxygens (including phenoxy) is 2. The summed E-state index contributed by atoms with van der Waals surface area (Å²) in [7, 11) is 0. The number of esters is 1. The summed E-state index contributed by atoms with van der Waals surface area (Å²) in [6, 6.07) is 7.80. The van der Waals surface area contributed by atoms with Crippen LogP contribution in [-0.2, 0) is 14.3 Å². The number of cyclic esters (lactones) is 1. The molecular formula is C27H27ClFN5O4. The average Bonchev–Trinajstić information content (AvgIpc) is 3.69. The summed E-state index contributed by atoms with van der Waals surface area (Å²) >= 11 is 5.93. The van der Waals surface area contributed by atoms with Gasteiger partial charge in [0.2, 0.25) is 5.91 Å². The molecule has 198 valence electrons. The molecule has 0 unspecified atom stereocenters. The summed E-state index contributed by atoms with van der Waals surface area (Å²) in [5.74, 6) is 0.347. The van der Waals surface area contributed by atoms with Gasteiger partial charge in [-0.2, -0.15) is 0 Å². The van der Waals surface area contributed by atoms with Gasteiger partial charge in [0.15, 0.2) is 0 Å². The van der Waals surface area contributed by atoms with Gasteiger partial charge in [-0.3, -0.25) is 14.5 Å². The van der Waals surface area contributed by atoms with Crippen LogP contribution in [0.25, 0.3) is 10.9 Å². The van der Waals surface area contributed by atoms with Gasteiger partial charge in [-0.1, -0.05) is 17.7 Å². The Labute approximate surface area is 224 Å². The van der Waals surface area contributed by atoms with E-state index in [-0.39, 0.29) is 29.5 Å². The van der Waals surface area contributed by atoms with Crippen LogP contribution in [0.2, 0.25) is 5.02 Å². The number of anilines is 3. The van der Waals surface area contributed by atoms with E-state index in [9.17, 15) is 14.0 Å². The molecule has 2 fully saturated rings. The quantitative estimate of drug-likeness (QED) is 0.298. The number of nitrogens with zero attached hydrogens (tertiary/aromatic N) is 3. The SMILES string of the molecule is C[C@H]1CN(CC=CC(=O)Nc2cc3c(Nc4ccc(F)c(Cl)c4)ncnc3cc2OCC2CC2)CC(=O)O1. The Kier molecular flexibility index (Phi) is 7.71. The molecule has 9 nitrogen and oxygen atoms in total. The standard InChI is InChI=1S/C27H27ClFN5O4/c1-16-12-34(13-26(36)38-16)8-2-3-25(35)33-23-10-19-22(11-24(23)37-14-17-4-5-17)30-15-31-27(19)32-18-6-7-21(29)20(28)9-18/h2-3,6-7,9-11,15-17H,4-5,8,12-14H2,1H3,(H,33,35)(H,30,31,32)/t16-/m0/s1. The summed E-state index contributed by atoms with van der Waals surface area (Å²) in [4.78, 5) is 35.1. The molecule has 1 aliphatic heterocycles. The Morgan fingerprint density at radius 2 is 2.13 bits per heavy atom. The predicted molar refractivity (Wildman–Crippen MR) is 142 cm³/mol. The molecular weight excluding hydrogens is 513 g/mol. The van der Waals surface area contributed by atoms with Crippen LogP contribution < -0.4 is 15.4 Å². The van der Waals surface area contributed by atoms with Gasteiger partial charge in [-0.25, -0.2) is 14.4 Å². The maximum atomic E-state index is 13.6. The maximum Gasteiger partial charge on any atom is 0.320 e. The van der Waals surface area contributed by atoms with Crippen LogP contribution >= 0.6 is 11.6 Å². The predicted octanol–water partition coefficient (Wildman–Crippen LogP) is 4.70. The van der Waals surface area contributed by atoms with Crippen LogP contribution in [0.5, 0.6) is 5.75 Å². The highest BCUT2D eigenvalue weighted by atomic mass is 35.5. The number of aromatic nitrogens is 2. The van der Waals surface area contributed by atoms with Crippen molar-refractivity contribution in [2.24, 2.45) is 5.92 Å². The molecule has 2 heterocycles. The first-order valence-electron chi connectivity index (χ1n) is 12.4. The monoisotopic (exact) mass is 539 g/mol. The molecule has 38 heavy (non-hydrogen) atoms. The number of halogens is 2. The van der Waals surface area contributed by atoms with Crippen molar-refractivity contribution in [3.63, 3.8) is 0 Å². The molecule has 0 radical (unpaired) electrons. The number of hydrogen-bond donors (Lipinski definition) is 2. The second kappa shape index (κ2) is 11.3. The van der Waals surface area contributed by atoms with E-state index < -0.39 is 5.82 Å². The van der Waals surface area contributed by atoms with Crippen LogP contribution in [0.1, 0.15) is 19.8 Å². The summed E-state index contributed by atoms with van der Waals surface area (Å²) < 4.78 is 24.8. The maximum absolute atomic E-state index is 13.6. The summed E-state index contributed by atoms with van der Waals surface area (Å²) in [5, 5.41) is 6.65. The Hall–Kier alpha value is -3.76. The third kappa shape index (κ3) is 6.56. The molecule has 1 saturated carbocycles. The number of carbonyl (C=O) groups is 2. The van der Waals surface area contributed by atoms with Gasteiger partial charge in [0.1, 0.15) is 29.8 Å². The Bertz CT molecular complexity index is 1400. The largest absolute Gasteiger partial charge is 0.491 e. The molecule has 2 aromatic carbocycles. The molecule has 1 atom stereocenters. The van der Waals surface area contributed by atoms with Crippen LogP contribution in [0.3, 0.4) is 0 Å².